The van der Waals surface area contributed by atoms with Crippen LogP contribution in [0.5, 0.6) is 0 Å². The van der Waals surface area contributed by atoms with Crippen molar-refractivity contribution in [1.82, 2.24) is 15.2 Å². The second-order valence-corrected chi connectivity index (χ2v) is 12.3. The minimum absolute atomic E-state index is 0.135. The molecule has 2 fully saturated rings. The van der Waals surface area contributed by atoms with Gasteiger partial charge in [0.1, 0.15) is 22.9 Å². The van der Waals surface area contributed by atoms with Gasteiger partial charge in [0.25, 0.3) is 0 Å². The average molecular weight is 508 g/mol. The fourth-order valence-electron chi connectivity index (χ4n) is 4.45. The Morgan fingerprint density at radius 3 is 2.62 bits per heavy atom. The van der Waals surface area contributed by atoms with Gasteiger partial charge >= 0.3 is 0 Å². The third kappa shape index (κ3) is 4.11. The molecule has 182 valence electrons. The second kappa shape index (κ2) is 8.64. The molecule has 1 saturated heterocycles. The highest BCUT2D eigenvalue weighted by Gasteiger charge is 2.44. The Morgan fingerprint density at radius 2 is 1.97 bits per heavy atom. The van der Waals surface area contributed by atoms with Crippen LogP contribution in [0.25, 0.3) is 10.2 Å². The smallest absolute Gasteiger partial charge is 0.244 e. The number of para-hydroxylation sites is 1. The van der Waals surface area contributed by atoms with Crippen molar-refractivity contribution in [2.75, 3.05) is 26.0 Å². The van der Waals surface area contributed by atoms with Crippen LogP contribution in [-0.4, -0.2) is 101 Å². The van der Waals surface area contributed by atoms with E-state index < -0.39 is 51.1 Å². The van der Waals surface area contributed by atoms with E-state index in [0.717, 1.165) is 10.2 Å². The number of nitrogens with zero attached hydrogens (tertiary/aromatic N) is 4. The van der Waals surface area contributed by atoms with Gasteiger partial charge in [0.2, 0.25) is 11.9 Å². The van der Waals surface area contributed by atoms with Gasteiger partial charge < -0.3 is 20.2 Å². The molecule has 1 aromatic carbocycles. The van der Waals surface area contributed by atoms with Gasteiger partial charge in [-0.15, -0.1) is 11.3 Å². The highest BCUT2D eigenvalue weighted by Crippen LogP contribution is 2.34. The molecule has 0 radical (unpaired) electrons. The number of thiazole rings is 1. The monoisotopic (exact) mass is 507 g/mol. The summed E-state index contributed by atoms with van der Waals surface area (Å²) >= 11 is 1.34. The predicted molar refractivity (Wildman–Crippen MR) is 127 cm³/mol. The molecule has 1 saturated carbocycles. The molecule has 0 bridgehead atoms. The van der Waals surface area contributed by atoms with Crippen LogP contribution in [0.1, 0.15) is 17.3 Å². The number of rotatable bonds is 4. The lowest BCUT2D eigenvalue weighted by atomic mass is 10.1. The molecule has 13 heteroatoms. The molecule has 11 nitrogen and oxygen atoms in total. The first-order valence-corrected chi connectivity index (χ1v) is 13.7. The average Bonchev–Trinajstić information content (AvgIpc) is 3.27. The van der Waals surface area contributed by atoms with Crippen LogP contribution >= 0.6 is 11.3 Å². The molecule has 2 aromatic rings. The number of amidine groups is 1. The predicted octanol–water partition coefficient (Wildman–Crippen LogP) is -0.904. The Morgan fingerprint density at radius 1 is 1.24 bits per heavy atom. The number of carbonyl (C=O) groups is 1. The molecule has 1 aliphatic carbocycles. The third-order valence-corrected chi connectivity index (χ3v) is 9.20. The summed E-state index contributed by atoms with van der Waals surface area (Å²) in [4.78, 5) is 28.6. The van der Waals surface area contributed by atoms with Crippen LogP contribution in [0.3, 0.4) is 0 Å². The number of likely N-dealkylation sites (tertiary alicyclic amines) is 1. The number of amides is 1. The summed E-state index contributed by atoms with van der Waals surface area (Å²) in [5.41, 5.74) is 0.736. The summed E-state index contributed by atoms with van der Waals surface area (Å²) in [6.45, 7) is 0.110. The van der Waals surface area contributed by atoms with Gasteiger partial charge in [-0.3, -0.25) is 15.1 Å². The molecule has 34 heavy (non-hydrogen) atoms. The Kier molecular flexibility index (Phi) is 5.92. The number of aliphatic imine (C=N–C) groups is 2. The van der Waals surface area contributed by atoms with Gasteiger partial charge in [-0.1, -0.05) is 12.1 Å². The van der Waals surface area contributed by atoms with E-state index >= 15 is 0 Å². The summed E-state index contributed by atoms with van der Waals surface area (Å²) in [6, 6.07) is 6.72. The van der Waals surface area contributed by atoms with E-state index in [0.29, 0.717) is 5.01 Å². The molecule has 1 unspecified atom stereocenters. The number of aliphatic hydroxyl groups is 3. The number of hydrogen-bond donors (Lipinski definition) is 4. The number of aliphatic hydroxyl groups excluding tert-OH is 3. The van der Waals surface area contributed by atoms with Crippen molar-refractivity contribution in [2.24, 2.45) is 15.9 Å². The number of nitrogens with one attached hydrogen (secondary N) is 1. The lowest BCUT2D eigenvalue weighted by molar-refractivity contribution is -0.120. The van der Waals surface area contributed by atoms with Gasteiger partial charge in [-0.25, -0.2) is 13.4 Å². The Bertz CT molecular complexity index is 1250. The van der Waals surface area contributed by atoms with Crippen molar-refractivity contribution in [3.63, 3.8) is 0 Å². The fourth-order valence-corrected chi connectivity index (χ4v) is 6.41. The Hall–Kier alpha value is -2.45. The largest absolute Gasteiger partial charge is 0.396 e. The van der Waals surface area contributed by atoms with Crippen molar-refractivity contribution in [3.05, 3.63) is 29.3 Å². The van der Waals surface area contributed by atoms with E-state index in [1.807, 2.05) is 24.3 Å². The zero-order valence-corrected chi connectivity index (χ0v) is 19.9. The quantitative estimate of drug-likeness (QED) is 0.413. The minimum atomic E-state index is -3.21. The third-order valence-electron chi connectivity index (χ3n) is 6.59. The molecule has 5 rings (SSSR count). The number of aromatic nitrogens is 1. The summed E-state index contributed by atoms with van der Waals surface area (Å²) in [6.07, 6.45) is -0.923. The first kappa shape index (κ1) is 23.3. The molecular weight excluding hydrogens is 482 g/mol. The topological polar surface area (TPSA) is 165 Å². The van der Waals surface area contributed by atoms with Gasteiger partial charge in [0, 0.05) is 31.9 Å². The first-order valence-electron chi connectivity index (χ1n) is 10.9. The molecule has 2 aliphatic heterocycles. The number of carbonyl (C=O) groups excluding carboxylic acids is 1. The summed E-state index contributed by atoms with van der Waals surface area (Å²) in [7, 11) is -3.21. The standard InChI is InChI=1S/C21H25N5O6S2/c1-34(31,32)11-7-26(8-11)21-24-18(22-13-6-10(9-27)16(28)17(13)29)15(19(30)25-21)20-23-12-4-2-3-5-14(12)33-20/h2-5,10-11,13,15-17,27-29H,6-9H2,1H3,(H,22,24,25,30)/t10-,13-,15?,16-,17+/m1/s1. The van der Waals surface area contributed by atoms with Crippen molar-refractivity contribution in [2.45, 2.75) is 35.8 Å². The lowest BCUT2D eigenvalue weighted by Crippen LogP contribution is -2.62. The van der Waals surface area contributed by atoms with Crippen LogP contribution in [-0.2, 0) is 14.6 Å². The van der Waals surface area contributed by atoms with E-state index in [-0.39, 0.29) is 37.9 Å². The molecule has 4 N–H and O–H groups in total. The van der Waals surface area contributed by atoms with Crippen molar-refractivity contribution in [1.29, 1.82) is 0 Å². The van der Waals surface area contributed by atoms with Crippen LogP contribution in [0.15, 0.2) is 34.3 Å². The number of sulfone groups is 1. The summed E-state index contributed by atoms with van der Waals surface area (Å²) < 4.78 is 24.5. The maximum Gasteiger partial charge on any atom is 0.244 e. The molecule has 3 aliphatic rings. The number of benzene rings is 1. The number of guanidine groups is 1. The Labute approximate surface area is 199 Å². The summed E-state index contributed by atoms with van der Waals surface area (Å²) in [5, 5.41) is 32.9. The number of fused-ring (bicyclic) bond motifs is 1. The number of hydrogen-bond acceptors (Lipinski definition) is 10. The van der Waals surface area contributed by atoms with Crippen molar-refractivity contribution in [3.8, 4) is 0 Å². The van der Waals surface area contributed by atoms with Gasteiger partial charge in [-0.2, -0.15) is 4.99 Å². The van der Waals surface area contributed by atoms with E-state index in [2.05, 4.69) is 20.3 Å². The highest BCUT2D eigenvalue weighted by molar-refractivity contribution is 7.91. The SMILES string of the molecule is CS(=O)(=O)C1CN(C2=NC(=N[C@@H]3C[C@H](CO)[C@@H](O)[C@H]3O)C(c3nc4ccccc4s3)C(=O)N2)C1. The molecular formula is C21H25N5O6S2. The van der Waals surface area contributed by atoms with Gasteiger partial charge in [-0.05, 0) is 18.6 Å². The van der Waals surface area contributed by atoms with Crippen LogP contribution in [0.2, 0.25) is 0 Å². The van der Waals surface area contributed by atoms with E-state index in [1.54, 1.807) is 4.90 Å². The molecule has 1 amide bonds. The van der Waals surface area contributed by atoms with Crippen LogP contribution in [0.4, 0.5) is 0 Å². The highest BCUT2D eigenvalue weighted by atomic mass is 32.2. The first-order chi connectivity index (χ1) is 16.2. The molecule has 3 heterocycles. The summed E-state index contributed by atoms with van der Waals surface area (Å²) in [5.74, 6) is -1.52. The zero-order chi connectivity index (χ0) is 24.2. The van der Waals surface area contributed by atoms with Crippen molar-refractivity contribution >= 4 is 49.1 Å². The van der Waals surface area contributed by atoms with E-state index in [1.165, 1.54) is 17.6 Å². The van der Waals surface area contributed by atoms with Gasteiger partial charge in [0.05, 0.1) is 27.6 Å². The maximum atomic E-state index is 13.3. The fraction of sp³-hybridized carbons (Fsp3) is 0.524. The molecule has 5 atom stereocenters. The Balaban J connectivity index is 1.52. The lowest BCUT2D eigenvalue weighted by Gasteiger charge is -2.41. The van der Waals surface area contributed by atoms with Crippen LogP contribution in [0, 0.1) is 5.92 Å². The molecule has 1 aromatic heterocycles. The maximum absolute atomic E-state index is 13.3. The van der Waals surface area contributed by atoms with Gasteiger partial charge in [0.15, 0.2) is 9.84 Å². The minimum Gasteiger partial charge on any atom is -0.396 e. The normalized spacial score (nSPS) is 31.6. The molecule has 0 spiro atoms. The zero-order valence-electron chi connectivity index (χ0n) is 18.3. The van der Waals surface area contributed by atoms with Crippen LogP contribution < -0.4 is 5.32 Å². The van der Waals surface area contributed by atoms with E-state index in [4.69, 9.17) is 0 Å². The van der Waals surface area contributed by atoms with E-state index in [9.17, 15) is 28.5 Å². The second-order valence-electron chi connectivity index (χ2n) is 8.95. The van der Waals surface area contributed by atoms with Crippen molar-refractivity contribution < 1.29 is 28.5 Å².